The van der Waals surface area contributed by atoms with Crippen LogP contribution in [0, 0.1) is 0 Å². The van der Waals surface area contributed by atoms with Crippen LogP contribution in [0.2, 0.25) is 0 Å². The molecule has 4 heteroatoms. The first-order valence-corrected chi connectivity index (χ1v) is 6.89. The van der Waals surface area contributed by atoms with Crippen molar-refractivity contribution in [3.05, 3.63) is 54.0 Å². The fourth-order valence-corrected chi connectivity index (χ4v) is 3.25. The minimum Gasteiger partial charge on any atom is -0.459 e. The normalized spacial score (nSPS) is 18.1. The van der Waals surface area contributed by atoms with E-state index >= 15 is 0 Å². The molecule has 1 atom stereocenters. The van der Waals surface area contributed by atoms with Crippen molar-refractivity contribution in [2.45, 2.75) is 17.4 Å². The van der Waals surface area contributed by atoms with Gasteiger partial charge in [-0.25, -0.2) is 0 Å². The zero-order valence-corrected chi connectivity index (χ0v) is 10.6. The van der Waals surface area contributed by atoms with Gasteiger partial charge in [0, 0.05) is 10.6 Å². The van der Waals surface area contributed by atoms with Gasteiger partial charge in [-0.15, -0.1) is 11.8 Å². The summed E-state index contributed by atoms with van der Waals surface area (Å²) in [6, 6.07) is 11.7. The van der Waals surface area contributed by atoms with E-state index in [1.165, 1.54) is 16.7 Å². The Morgan fingerprint density at radius 3 is 3.00 bits per heavy atom. The van der Waals surface area contributed by atoms with Crippen molar-refractivity contribution in [3.8, 4) is 0 Å². The number of rotatable bonds is 2. The van der Waals surface area contributed by atoms with Crippen molar-refractivity contribution in [1.29, 1.82) is 0 Å². The van der Waals surface area contributed by atoms with Crippen LogP contribution in [0.5, 0.6) is 0 Å². The van der Waals surface area contributed by atoms with E-state index in [9.17, 15) is 4.79 Å². The Bertz CT molecular complexity index is 551. The molecule has 0 saturated carbocycles. The molecule has 1 aromatic carbocycles. The number of amides is 1. The summed E-state index contributed by atoms with van der Waals surface area (Å²) in [5.74, 6) is 1.25. The maximum Gasteiger partial charge on any atom is 0.287 e. The minimum absolute atomic E-state index is 0.0834. The van der Waals surface area contributed by atoms with Crippen LogP contribution in [0.4, 0.5) is 0 Å². The summed E-state index contributed by atoms with van der Waals surface area (Å²) in [7, 11) is 0. The molecule has 18 heavy (non-hydrogen) atoms. The summed E-state index contributed by atoms with van der Waals surface area (Å²) < 4.78 is 5.11. The number of carbonyl (C=O) groups excluding carboxylic acids is 1. The van der Waals surface area contributed by atoms with E-state index in [0.717, 1.165) is 12.2 Å². The van der Waals surface area contributed by atoms with Crippen LogP contribution >= 0.6 is 11.8 Å². The van der Waals surface area contributed by atoms with Crippen LogP contribution < -0.4 is 5.32 Å². The molecule has 2 aromatic rings. The minimum atomic E-state index is -0.147. The predicted molar refractivity (Wildman–Crippen MR) is 70.7 cm³/mol. The van der Waals surface area contributed by atoms with Gasteiger partial charge < -0.3 is 9.73 Å². The van der Waals surface area contributed by atoms with E-state index in [1.54, 1.807) is 12.1 Å². The number of thioether (sulfide) groups is 1. The van der Waals surface area contributed by atoms with Crippen molar-refractivity contribution >= 4 is 17.7 Å². The highest BCUT2D eigenvalue weighted by atomic mass is 32.2. The summed E-state index contributed by atoms with van der Waals surface area (Å²) in [5, 5.41) is 3.03. The van der Waals surface area contributed by atoms with Gasteiger partial charge in [0.1, 0.15) is 0 Å². The summed E-state index contributed by atoms with van der Waals surface area (Å²) in [5.41, 5.74) is 1.20. The fraction of sp³-hybridized carbons (Fsp3) is 0.214. The maximum absolute atomic E-state index is 12.0. The number of hydrogen-bond acceptors (Lipinski definition) is 3. The van der Waals surface area contributed by atoms with Gasteiger partial charge in [0.25, 0.3) is 5.91 Å². The zero-order valence-electron chi connectivity index (χ0n) is 9.76. The highest BCUT2D eigenvalue weighted by molar-refractivity contribution is 7.99. The molecule has 1 aromatic heterocycles. The van der Waals surface area contributed by atoms with Crippen molar-refractivity contribution in [2.24, 2.45) is 0 Å². The lowest BCUT2D eigenvalue weighted by Gasteiger charge is -2.25. The smallest absolute Gasteiger partial charge is 0.287 e. The Kier molecular flexibility index (Phi) is 3.11. The second-order valence-corrected chi connectivity index (χ2v) is 5.32. The predicted octanol–water partition coefficient (Wildman–Crippen LogP) is 3.25. The first-order chi connectivity index (χ1) is 8.84. The SMILES string of the molecule is O=C(NC1CCSc2ccccc21)c1ccco1. The summed E-state index contributed by atoms with van der Waals surface area (Å²) >= 11 is 1.84. The van der Waals surface area contributed by atoms with E-state index < -0.39 is 0 Å². The van der Waals surface area contributed by atoms with E-state index in [4.69, 9.17) is 4.42 Å². The average Bonchev–Trinajstić information content (AvgIpc) is 2.93. The molecule has 92 valence electrons. The fourth-order valence-electron chi connectivity index (χ4n) is 2.13. The largest absolute Gasteiger partial charge is 0.459 e. The molecule has 3 nitrogen and oxygen atoms in total. The molecular formula is C14H13NO2S. The van der Waals surface area contributed by atoms with Gasteiger partial charge in [-0.3, -0.25) is 4.79 Å². The molecule has 2 heterocycles. The van der Waals surface area contributed by atoms with Gasteiger partial charge in [0.15, 0.2) is 5.76 Å². The van der Waals surface area contributed by atoms with E-state index in [1.807, 2.05) is 23.9 Å². The quantitative estimate of drug-likeness (QED) is 0.900. The summed E-state index contributed by atoms with van der Waals surface area (Å²) in [6.07, 6.45) is 2.47. The van der Waals surface area contributed by atoms with Gasteiger partial charge in [-0.05, 0) is 30.2 Å². The lowest BCUT2D eigenvalue weighted by Crippen LogP contribution is -2.30. The molecule has 1 amide bonds. The third kappa shape index (κ3) is 2.16. The number of nitrogens with one attached hydrogen (secondary N) is 1. The van der Waals surface area contributed by atoms with Crippen molar-refractivity contribution in [3.63, 3.8) is 0 Å². The molecule has 1 N–H and O–H groups in total. The molecule has 1 aliphatic rings. The van der Waals surface area contributed by atoms with Crippen LogP contribution in [-0.4, -0.2) is 11.7 Å². The third-order valence-electron chi connectivity index (χ3n) is 3.01. The molecule has 0 radical (unpaired) electrons. The lowest BCUT2D eigenvalue weighted by molar-refractivity contribution is 0.0907. The highest BCUT2D eigenvalue weighted by Crippen LogP contribution is 2.35. The van der Waals surface area contributed by atoms with Crippen LogP contribution in [-0.2, 0) is 0 Å². The number of furan rings is 1. The molecule has 0 spiro atoms. The second-order valence-electron chi connectivity index (χ2n) is 4.18. The van der Waals surface area contributed by atoms with Crippen LogP contribution in [0.25, 0.3) is 0 Å². The molecule has 0 bridgehead atoms. The first-order valence-electron chi connectivity index (χ1n) is 5.91. The Hall–Kier alpha value is -1.68. The van der Waals surface area contributed by atoms with Crippen molar-refractivity contribution < 1.29 is 9.21 Å². The average molecular weight is 259 g/mol. The van der Waals surface area contributed by atoms with Crippen LogP contribution in [0.15, 0.2) is 52.0 Å². The summed E-state index contributed by atoms with van der Waals surface area (Å²) in [6.45, 7) is 0. The molecule has 3 rings (SSSR count). The van der Waals surface area contributed by atoms with Gasteiger partial charge >= 0.3 is 0 Å². The van der Waals surface area contributed by atoms with Gasteiger partial charge in [0.05, 0.1) is 12.3 Å². The van der Waals surface area contributed by atoms with Crippen LogP contribution in [0.1, 0.15) is 28.6 Å². The molecular weight excluding hydrogens is 246 g/mol. The zero-order chi connectivity index (χ0) is 12.4. The van der Waals surface area contributed by atoms with Gasteiger partial charge in [-0.1, -0.05) is 18.2 Å². The van der Waals surface area contributed by atoms with E-state index in [2.05, 4.69) is 17.4 Å². The van der Waals surface area contributed by atoms with Gasteiger partial charge in [-0.2, -0.15) is 0 Å². The van der Waals surface area contributed by atoms with Crippen molar-refractivity contribution in [2.75, 3.05) is 5.75 Å². The lowest BCUT2D eigenvalue weighted by atomic mass is 10.0. The van der Waals surface area contributed by atoms with Crippen molar-refractivity contribution in [1.82, 2.24) is 5.32 Å². The Morgan fingerprint density at radius 1 is 1.28 bits per heavy atom. The number of hydrogen-bond donors (Lipinski definition) is 1. The molecule has 0 aliphatic carbocycles. The highest BCUT2D eigenvalue weighted by Gasteiger charge is 2.22. The molecule has 1 aliphatic heterocycles. The number of carbonyl (C=O) groups is 1. The summed E-state index contributed by atoms with van der Waals surface area (Å²) in [4.78, 5) is 13.2. The first kappa shape index (κ1) is 11.4. The topological polar surface area (TPSA) is 42.2 Å². The molecule has 1 unspecified atom stereocenters. The maximum atomic E-state index is 12.0. The van der Waals surface area contributed by atoms with E-state index in [0.29, 0.717) is 5.76 Å². The molecule has 0 saturated heterocycles. The second kappa shape index (κ2) is 4.90. The number of benzene rings is 1. The monoisotopic (exact) mass is 259 g/mol. The third-order valence-corrected chi connectivity index (χ3v) is 4.13. The Labute approximate surface area is 110 Å². The standard InChI is InChI=1S/C14H13NO2S/c16-14(12-5-3-8-17-12)15-11-7-9-18-13-6-2-1-4-10(11)13/h1-6,8,11H,7,9H2,(H,15,16). The van der Waals surface area contributed by atoms with Gasteiger partial charge in [0.2, 0.25) is 0 Å². The Morgan fingerprint density at radius 2 is 2.17 bits per heavy atom. The molecule has 0 fully saturated rings. The number of fused-ring (bicyclic) bond motifs is 1. The Balaban J connectivity index is 1.80. The van der Waals surface area contributed by atoms with E-state index in [-0.39, 0.29) is 11.9 Å². The van der Waals surface area contributed by atoms with Crippen LogP contribution in [0.3, 0.4) is 0 Å².